The second kappa shape index (κ2) is 9.25. The van der Waals surface area contributed by atoms with Crippen molar-refractivity contribution in [2.24, 2.45) is 17.6 Å². The van der Waals surface area contributed by atoms with Gasteiger partial charge in [0.15, 0.2) is 0 Å². The van der Waals surface area contributed by atoms with Gasteiger partial charge in [-0.3, -0.25) is 4.79 Å². The molecule has 0 aromatic carbocycles. The molecule has 0 aromatic heterocycles. The van der Waals surface area contributed by atoms with Crippen LogP contribution < -0.4 is 11.1 Å². The summed E-state index contributed by atoms with van der Waals surface area (Å²) in [5.74, 6) is -0.0660. The highest BCUT2D eigenvalue weighted by Crippen LogP contribution is 2.30. The first kappa shape index (κ1) is 20.7. The molecule has 0 bridgehead atoms. The van der Waals surface area contributed by atoms with E-state index in [0.29, 0.717) is 13.0 Å². The molecule has 1 rings (SSSR count). The van der Waals surface area contributed by atoms with Gasteiger partial charge in [-0.25, -0.2) is 4.79 Å². The Kier molecular flexibility index (Phi) is 8.00. The average molecular weight is 342 g/mol. The Morgan fingerprint density at radius 3 is 2.46 bits per heavy atom. The molecule has 6 nitrogen and oxygen atoms in total. The zero-order chi connectivity index (χ0) is 18.3. The standard InChI is InChI=1S/C18H34N2O4/c1-6-12(16(21)23-7-2)10-13-11-14(8-9-15(13)19)20-17(22)24-18(3,4)5/h12-15H,6-11,19H2,1-5H3,(H,20,22)/t12?,13-,14-,15+/m1/s1. The molecule has 0 saturated heterocycles. The van der Waals surface area contributed by atoms with Gasteiger partial charge in [-0.2, -0.15) is 0 Å². The minimum Gasteiger partial charge on any atom is -0.466 e. The largest absolute Gasteiger partial charge is 0.466 e. The minimum atomic E-state index is -0.508. The number of esters is 1. The number of carbonyl (C=O) groups is 2. The van der Waals surface area contributed by atoms with Crippen LogP contribution in [0.15, 0.2) is 0 Å². The fourth-order valence-corrected chi connectivity index (χ4v) is 3.22. The monoisotopic (exact) mass is 342 g/mol. The van der Waals surface area contributed by atoms with Crippen LogP contribution in [-0.2, 0) is 14.3 Å². The van der Waals surface area contributed by atoms with Crippen LogP contribution in [0.5, 0.6) is 0 Å². The van der Waals surface area contributed by atoms with Crippen LogP contribution in [0.3, 0.4) is 0 Å². The Bertz CT molecular complexity index is 420. The zero-order valence-electron chi connectivity index (χ0n) is 15.8. The van der Waals surface area contributed by atoms with Crippen molar-refractivity contribution >= 4 is 12.1 Å². The summed E-state index contributed by atoms with van der Waals surface area (Å²) in [6, 6.07) is 0.106. The molecule has 0 aliphatic heterocycles. The summed E-state index contributed by atoms with van der Waals surface area (Å²) >= 11 is 0. The molecule has 1 aliphatic rings. The summed E-state index contributed by atoms with van der Waals surface area (Å²) < 4.78 is 10.5. The van der Waals surface area contributed by atoms with Crippen LogP contribution in [0.1, 0.15) is 66.7 Å². The molecule has 1 saturated carbocycles. The lowest BCUT2D eigenvalue weighted by Gasteiger charge is -2.36. The number of carbonyl (C=O) groups excluding carboxylic acids is 2. The van der Waals surface area contributed by atoms with Crippen LogP contribution in [0.4, 0.5) is 4.79 Å². The minimum absolute atomic E-state index is 0.0457. The van der Waals surface area contributed by atoms with E-state index in [1.165, 1.54) is 0 Å². The maximum absolute atomic E-state index is 12.0. The second-order valence-electron chi connectivity index (χ2n) is 7.67. The van der Waals surface area contributed by atoms with E-state index in [9.17, 15) is 9.59 Å². The predicted octanol–water partition coefficient (Wildman–Crippen LogP) is 2.99. The van der Waals surface area contributed by atoms with Gasteiger partial charge in [0.25, 0.3) is 0 Å². The van der Waals surface area contributed by atoms with Crippen molar-refractivity contribution in [1.29, 1.82) is 0 Å². The van der Waals surface area contributed by atoms with Crippen LogP contribution in [0.2, 0.25) is 0 Å². The third kappa shape index (κ3) is 7.07. The van der Waals surface area contributed by atoms with Crippen molar-refractivity contribution < 1.29 is 19.1 Å². The Balaban J connectivity index is 2.58. The molecular formula is C18H34N2O4. The Labute approximate surface area is 145 Å². The molecule has 0 aromatic rings. The number of amides is 1. The Morgan fingerprint density at radius 1 is 1.25 bits per heavy atom. The lowest BCUT2D eigenvalue weighted by Crippen LogP contribution is -2.47. The van der Waals surface area contributed by atoms with Gasteiger partial charge in [-0.15, -0.1) is 0 Å². The van der Waals surface area contributed by atoms with Gasteiger partial charge in [0.1, 0.15) is 5.60 Å². The Hall–Kier alpha value is -1.30. The third-order valence-electron chi connectivity index (χ3n) is 4.46. The van der Waals surface area contributed by atoms with Crippen molar-refractivity contribution in [2.45, 2.75) is 84.4 Å². The molecule has 1 fully saturated rings. The molecule has 0 heterocycles. The van der Waals surface area contributed by atoms with E-state index >= 15 is 0 Å². The number of ether oxygens (including phenoxy) is 2. The lowest BCUT2D eigenvalue weighted by molar-refractivity contribution is -0.149. The second-order valence-corrected chi connectivity index (χ2v) is 7.67. The number of hydrogen-bond donors (Lipinski definition) is 2. The molecule has 3 N–H and O–H groups in total. The molecule has 24 heavy (non-hydrogen) atoms. The Morgan fingerprint density at radius 2 is 1.92 bits per heavy atom. The summed E-state index contributed by atoms with van der Waals surface area (Å²) in [5, 5.41) is 2.94. The van der Waals surface area contributed by atoms with Gasteiger partial charge in [0.05, 0.1) is 12.5 Å². The highest BCUT2D eigenvalue weighted by molar-refractivity contribution is 5.72. The average Bonchev–Trinajstić information content (AvgIpc) is 2.45. The van der Waals surface area contributed by atoms with E-state index in [-0.39, 0.29) is 36.0 Å². The molecule has 1 aliphatic carbocycles. The molecule has 4 atom stereocenters. The van der Waals surface area contributed by atoms with Crippen molar-refractivity contribution in [3.05, 3.63) is 0 Å². The van der Waals surface area contributed by atoms with Crippen LogP contribution in [0, 0.1) is 11.8 Å². The SMILES string of the molecule is CCOC(=O)C(CC)C[C@@H]1C[C@H](NC(=O)OC(C)(C)C)CC[C@@H]1N. The summed E-state index contributed by atoms with van der Waals surface area (Å²) in [4.78, 5) is 24.0. The van der Waals surface area contributed by atoms with E-state index in [1.807, 2.05) is 34.6 Å². The van der Waals surface area contributed by atoms with Crippen LogP contribution in [-0.4, -0.2) is 36.4 Å². The maximum atomic E-state index is 12.0. The molecule has 0 radical (unpaired) electrons. The highest BCUT2D eigenvalue weighted by Gasteiger charge is 2.33. The van der Waals surface area contributed by atoms with E-state index in [1.54, 1.807) is 0 Å². The fourth-order valence-electron chi connectivity index (χ4n) is 3.22. The topological polar surface area (TPSA) is 90.6 Å². The van der Waals surface area contributed by atoms with E-state index in [2.05, 4.69) is 5.32 Å². The number of alkyl carbamates (subject to hydrolysis) is 1. The van der Waals surface area contributed by atoms with Crippen LogP contribution in [0.25, 0.3) is 0 Å². The number of nitrogens with two attached hydrogens (primary N) is 1. The summed E-state index contributed by atoms with van der Waals surface area (Å²) in [7, 11) is 0. The van der Waals surface area contributed by atoms with Crippen molar-refractivity contribution in [3.63, 3.8) is 0 Å². The number of hydrogen-bond acceptors (Lipinski definition) is 5. The first-order valence-electron chi connectivity index (χ1n) is 9.08. The maximum Gasteiger partial charge on any atom is 0.407 e. The van der Waals surface area contributed by atoms with Gasteiger partial charge >= 0.3 is 12.1 Å². The number of nitrogens with one attached hydrogen (secondary N) is 1. The van der Waals surface area contributed by atoms with E-state index < -0.39 is 5.60 Å². The summed E-state index contributed by atoms with van der Waals surface area (Å²) in [6.45, 7) is 9.74. The molecular weight excluding hydrogens is 308 g/mol. The van der Waals surface area contributed by atoms with Gasteiger partial charge in [-0.1, -0.05) is 6.92 Å². The fraction of sp³-hybridized carbons (Fsp3) is 0.889. The third-order valence-corrected chi connectivity index (χ3v) is 4.46. The van der Waals surface area contributed by atoms with Crippen LogP contribution >= 0.6 is 0 Å². The van der Waals surface area contributed by atoms with Gasteiger partial charge in [-0.05, 0) is 65.7 Å². The van der Waals surface area contributed by atoms with Gasteiger partial charge in [0, 0.05) is 12.1 Å². The normalized spacial score (nSPS) is 25.7. The van der Waals surface area contributed by atoms with Crippen molar-refractivity contribution in [2.75, 3.05) is 6.61 Å². The first-order chi connectivity index (χ1) is 11.2. The molecule has 1 amide bonds. The molecule has 6 heteroatoms. The molecule has 1 unspecified atom stereocenters. The summed E-state index contributed by atoms with van der Waals surface area (Å²) in [5.41, 5.74) is 5.75. The quantitative estimate of drug-likeness (QED) is 0.724. The molecule has 140 valence electrons. The van der Waals surface area contributed by atoms with Gasteiger partial charge < -0.3 is 20.5 Å². The van der Waals surface area contributed by atoms with Crippen molar-refractivity contribution in [1.82, 2.24) is 5.32 Å². The highest BCUT2D eigenvalue weighted by atomic mass is 16.6. The number of rotatable bonds is 6. The van der Waals surface area contributed by atoms with E-state index in [4.69, 9.17) is 15.2 Å². The van der Waals surface area contributed by atoms with Gasteiger partial charge in [0.2, 0.25) is 0 Å². The first-order valence-corrected chi connectivity index (χ1v) is 9.08. The lowest BCUT2D eigenvalue weighted by atomic mass is 9.77. The van der Waals surface area contributed by atoms with Crippen molar-refractivity contribution in [3.8, 4) is 0 Å². The zero-order valence-corrected chi connectivity index (χ0v) is 15.8. The van der Waals surface area contributed by atoms with E-state index in [0.717, 1.165) is 25.7 Å². The smallest absolute Gasteiger partial charge is 0.407 e. The summed E-state index contributed by atoms with van der Waals surface area (Å²) in [6.07, 6.45) is 3.52. The predicted molar refractivity (Wildman–Crippen MR) is 93.5 cm³/mol. The molecule has 0 spiro atoms.